The van der Waals surface area contributed by atoms with Crippen molar-refractivity contribution in [1.29, 1.82) is 0 Å². The van der Waals surface area contributed by atoms with Crippen molar-refractivity contribution in [1.82, 2.24) is 4.90 Å². The average molecular weight is 316 g/mol. The van der Waals surface area contributed by atoms with Crippen LogP contribution in [0.3, 0.4) is 0 Å². The molecule has 0 aromatic heterocycles. The summed E-state index contributed by atoms with van der Waals surface area (Å²) in [5, 5.41) is -0.132. The first kappa shape index (κ1) is 14.5. The van der Waals surface area contributed by atoms with Crippen molar-refractivity contribution in [2.75, 3.05) is 0 Å². The fourth-order valence-corrected chi connectivity index (χ4v) is 2.63. The van der Waals surface area contributed by atoms with Gasteiger partial charge in [-0.05, 0) is 11.6 Å². The number of nitrogens with zero attached hydrogens (tertiary/aromatic N) is 1. The standard InChI is InChI=1S/C17H11ClFNO2/c18-15-14(11-6-2-1-3-7-11)16(21)20(17(15)22)10-12-8-4-5-9-13(12)19/h1-9H,10H2. The Morgan fingerprint density at radius 2 is 1.55 bits per heavy atom. The number of amides is 2. The van der Waals surface area contributed by atoms with Crippen LogP contribution in [0.2, 0.25) is 0 Å². The largest absolute Gasteiger partial charge is 0.273 e. The second kappa shape index (κ2) is 5.73. The van der Waals surface area contributed by atoms with Crippen LogP contribution in [0.1, 0.15) is 11.1 Å². The molecule has 0 aliphatic carbocycles. The quantitative estimate of drug-likeness (QED) is 0.815. The van der Waals surface area contributed by atoms with E-state index in [0.29, 0.717) is 5.56 Å². The normalized spacial score (nSPS) is 14.9. The maximum atomic E-state index is 13.7. The van der Waals surface area contributed by atoms with Gasteiger partial charge in [-0.25, -0.2) is 4.39 Å². The smallest absolute Gasteiger partial charge is 0.269 e. The Bertz CT molecular complexity index is 786. The van der Waals surface area contributed by atoms with Crippen molar-refractivity contribution in [3.05, 3.63) is 76.6 Å². The molecule has 1 aliphatic heterocycles. The molecule has 22 heavy (non-hydrogen) atoms. The van der Waals surface area contributed by atoms with Gasteiger partial charge in [-0.1, -0.05) is 60.1 Å². The Kier molecular flexibility index (Phi) is 3.77. The van der Waals surface area contributed by atoms with E-state index >= 15 is 0 Å². The van der Waals surface area contributed by atoms with Crippen molar-refractivity contribution in [2.24, 2.45) is 0 Å². The predicted octanol–water partition coefficient (Wildman–Crippen LogP) is 3.34. The molecule has 2 aromatic rings. The molecule has 0 atom stereocenters. The molecule has 0 fully saturated rings. The van der Waals surface area contributed by atoms with Crippen molar-refractivity contribution < 1.29 is 14.0 Å². The van der Waals surface area contributed by atoms with E-state index in [4.69, 9.17) is 11.6 Å². The molecule has 0 unspecified atom stereocenters. The first-order valence-electron chi connectivity index (χ1n) is 6.64. The third-order valence-corrected chi connectivity index (χ3v) is 3.81. The van der Waals surface area contributed by atoms with Crippen LogP contribution in [0.5, 0.6) is 0 Å². The Labute approximate surface area is 131 Å². The Balaban J connectivity index is 1.93. The molecule has 2 amide bonds. The number of carbonyl (C=O) groups is 2. The molecule has 0 saturated carbocycles. The fourth-order valence-electron chi connectivity index (χ4n) is 2.34. The average Bonchev–Trinajstić information content (AvgIpc) is 2.74. The third-order valence-electron chi connectivity index (χ3n) is 3.46. The monoisotopic (exact) mass is 315 g/mol. The van der Waals surface area contributed by atoms with Gasteiger partial charge in [0.25, 0.3) is 11.8 Å². The molecule has 0 bridgehead atoms. The molecule has 1 aliphatic rings. The van der Waals surface area contributed by atoms with Crippen LogP contribution in [-0.4, -0.2) is 16.7 Å². The van der Waals surface area contributed by atoms with Gasteiger partial charge >= 0.3 is 0 Å². The molecule has 3 nitrogen and oxygen atoms in total. The molecule has 0 spiro atoms. The van der Waals surface area contributed by atoms with Crippen LogP contribution in [-0.2, 0) is 16.1 Å². The SMILES string of the molecule is O=C1C(Cl)=C(c2ccccc2)C(=O)N1Cc1ccccc1F. The lowest BCUT2D eigenvalue weighted by molar-refractivity contribution is -0.137. The van der Waals surface area contributed by atoms with E-state index < -0.39 is 17.6 Å². The van der Waals surface area contributed by atoms with Crippen LogP contribution < -0.4 is 0 Å². The summed E-state index contributed by atoms with van der Waals surface area (Å²) in [4.78, 5) is 25.7. The number of carbonyl (C=O) groups excluding carboxylic acids is 2. The zero-order chi connectivity index (χ0) is 15.7. The van der Waals surface area contributed by atoms with Crippen molar-refractivity contribution in [3.63, 3.8) is 0 Å². The number of hydrogen-bond acceptors (Lipinski definition) is 2. The van der Waals surface area contributed by atoms with Gasteiger partial charge in [-0.3, -0.25) is 14.5 Å². The highest BCUT2D eigenvalue weighted by atomic mass is 35.5. The lowest BCUT2D eigenvalue weighted by Gasteiger charge is -2.15. The summed E-state index contributed by atoms with van der Waals surface area (Å²) in [7, 11) is 0. The lowest BCUT2D eigenvalue weighted by Crippen LogP contribution is -2.31. The minimum atomic E-state index is -0.603. The zero-order valence-corrected chi connectivity index (χ0v) is 12.2. The molecule has 3 rings (SSSR count). The first-order valence-corrected chi connectivity index (χ1v) is 7.02. The van der Waals surface area contributed by atoms with Gasteiger partial charge in [0.1, 0.15) is 10.8 Å². The summed E-state index contributed by atoms with van der Waals surface area (Å²) < 4.78 is 13.7. The minimum Gasteiger partial charge on any atom is -0.269 e. The molecular formula is C17H11ClFNO2. The summed E-state index contributed by atoms with van der Waals surface area (Å²) in [5.41, 5.74) is 0.994. The van der Waals surface area contributed by atoms with E-state index in [1.165, 1.54) is 12.1 Å². The topological polar surface area (TPSA) is 37.4 Å². The highest BCUT2D eigenvalue weighted by Crippen LogP contribution is 2.32. The van der Waals surface area contributed by atoms with Crippen LogP contribution >= 0.6 is 11.6 Å². The van der Waals surface area contributed by atoms with Crippen molar-refractivity contribution >= 4 is 29.0 Å². The summed E-state index contributed by atoms with van der Waals surface area (Å²) in [5.74, 6) is -1.58. The molecule has 2 aromatic carbocycles. The molecule has 0 saturated heterocycles. The van der Waals surface area contributed by atoms with Crippen molar-refractivity contribution in [3.8, 4) is 0 Å². The van der Waals surface area contributed by atoms with E-state index in [0.717, 1.165) is 4.90 Å². The van der Waals surface area contributed by atoms with Gasteiger partial charge in [-0.2, -0.15) is 0 Å². The predicted molar refractivity (Wildman–Crippen MR) is 81.2 cm³/mol. The number of halogens is 2. The zero-order valence-electron chi connectivity index (χ0n) is 11.4. The van der Waals surface area contributed by atoms with Gasteiger partial charge in [-0.15, -0.1) is 0 Å². The number of imide groups is 1. The van der Waals surface area contributed by atoms with Crippen LogP contribution in [0, 0.1) is 5.82 Å². The Hall–Kier alpha value is -2.46. The summed E-state index contributed by atoms with van der Waals surface area (Å²) in [6, 6.07) is 14.7. The van der Waals surface area contributed by atoms with Gasteiger partial charge in [0.2, 0.25) is 0 Å². The molecular weight excluding hydrogens is 305 g/mol. The van der Waals surface area contributed by atoms with Crippen LogP contribution in [0.25, 0.3) is 5.57 Å². The third kappa shape index (κ3) is 2.42. The highest BCUT2D eigenvalue weighted by molar-refractivity contribution is 6.55. The van der Waals surface area contributed by atoms with Gasteiger partial charge < -0.3 is 0 Å². The number of rotatable bonds is 3. The summed E-state index contributed by atoms with van der Waals surface area (Å²) in [6.45, 7) is -0.142. The van der Waals surface area contributed by atoms with Gasteiger partial charge in [0.15, 0.2) is 0 Å². The summed E-state index contributed by atoms with van der Waals surface area (Å²) in [6.07, 6.45) is 0. The van der Waals surface area contributed by atoms with E-state index in [1.54, 1.807) is 42.5 Å². The number of hydrogen-bond donors (Lipinski definition) is 0. The van der Waals surface area contributed by atoms with Gasteiger partial charge in [0.05, 0.1) is 12.1 Å². The van der Waals surface area contributed by atoms with Crippen LogP contribution in [0.15, 0.2) is 59.6 Å². The Morgan fingerprint density at radius 3 is 2.23 bits per heavy atom. The lowest BCUT2D eigenvalue weighted by atomic mass is 10.1. The van der Waals surface area contributed by atoms with E-state index in [-0.39, 0.29) is 22.7 Å². The highest BCUT2D eigenvalue weighted by Gasteiger charge is 2.38. The Morgan fingerprint density at radius 1 is 0.909 bits per heavy atom. The molecule has 1 heterocycles. The minimum absolute atomic E-state index is 0.132. The van der Waals surface area contributed by atoms with E-state index in [1.807, 2.05) is 0 Å². The first-order chi connectivity index (χ1) is 10.6. The molecule has 0 radical (unpaired) electrons. The maximum Gasteiger partial charge on any atom is 0.273 e. The van der Waals surface area contributed by atoms with Crippen molar-refractivity contribution in [2.45, 2.75) is 6.54 Å². The summed E-state index contributed by atoms with van der Waals surface area (Å²) >= 11 is 6.03. The second-order valence-electron chi connectivity index (χ2n) is 4.84. The number of benzene rings is 2. The molecule has 110 valence electrons. The van der Waals surface area contributed by atoms with E-state index in [9.17, 15) is 14.0 Å². The maximum absolute atomic E-state index is 13.7. The van der Waals surface area contributed by atoms with Gasteiger partial charge in [0, 0.05) is 5.56 Å². The second-order valence-corrected chi connectivity index (χ2v) is 5.22. The molecule has 5 heteroatoms. The van der Waals surface area contributed by atoms with Crippen LogP contribution in [0.4, 0.5) is 4.39 Å². The molecule has 0 N–H and O–H groups in total. The van der Waals surface area contributed by atoms with E-state index in [2.05, 4.69) is 0 Å². The fraction of sp³-hybridized carbons (Fsp3) is 0.0588.